The zero-order chi connectivity index (χ0) is 12.5. The minimum absolute atomic E-state index is 0.124. The van der Waals surface area contributed by atoms with Crippen molar-refractivity contribution in [1.82, 2.24) is 9.29 Å². The predicted molar refractivity (Wildman–Crippen MR) is 65.3 cm³/mol. The SMILES string of the molecule is Nc1ccc(S(=O)(=O)N2CCS(=O)CC2)cn1. The molecule has 0 bridgehead atoms. The van der Waals surface area contributed by atoms with Gasteiger partial charge in [-0.15, -0.1) is 0 Å². The van der Waals surface area contributed by atoms with Gasteiger partial charge < -0.3 is 5.73 Å². The Kier molecular flexibility index (Phi) is 3.45. The third kappa shape index (κ3) is 2.64. The van der Waals surface area contributed by atoms with Crippen LogP contribution < -0.4 is 5.73 Å². The van der Waals surface area contributed by atoms with E-state index in [9.17, 15) is 12.6 Å². The second kappa shape index (κ2) is 4.71. The summed E-state index contributed by atoms with van der Waals surface area (Å²) < 4.78 is 36.8. The van der Waals surface area contributed by atoms with Crippen molar-refractivity contribution in [2.45, 2.75) is 4.90 Å². The van der Waals surface area contributed by atoms with Crippen LogP contribution in [0, 0.1) is 0 Å². The number of nitrogens with zero attached hydrogens (tertiary/aromatic N) is 2. The number of rotatable bonds is 2. The van der Waals surface area contributed by atoms with Crippen LogP contribution in [0.25, 0.3) is 0 Å². The molecule has 94 valence electrons. The van der Waals surface area contributed by atoms with E-state index in [0.29, 0.717) is 24.6 Å². The molecule has 17 heavy (non-hydrogen) atoms. The van der Waals surface area contributed by atoms with E-state index in [4.69, 9.17) is 5.73 Å². The Hall–Kier alpha value is -0.990. The van der Waals surface area contributed by atoms with E-state index in [1.807, 2.05) is 0 Å². The van der Waals surface area contributed by atoms with Crippen LogP contribution >= 0.6 is 0 Å². The van der Waals surface area contributed by atoms with Gasteiger partial charge in [0.2, 0.25) is 10.0 Å². The van der Waals surface area contributed by atoms with Gasteiger partial charge in [-0.25, -0.2) is 13.4 Å². The molecule has 0 aliphatic carbocycles. The minimum atomic E-state index is -3.52. The summed E-state index contributed by atoms with van der Waals surface area (Å²) in [5, 5.41) is 0. The zero-order valence-corrected chi connectivity index (χ0v) is 10.7. The lowest BCUT2D eigenvalue weighted by Crippen LogP contribution is -2.41. The highest BCUT2D eigenvalue weighted by molar-refractivity contribution is 7.89. The van der Waals surface area contributed by atoms with Crippen LogP contribution in [0.5, 0.6) is 0 Å². The quantitative estimate of drug-likeness (QED) is 0.779. The summed E-state index contributed by atoms with van der Waals surface area (Å²) in [5.41, 5.74) is 5.41. The molecule has 0 unspecified atom stereocenters. The minimum Gasteiger partial charge on any atom is -0.384 e. The van der Waals surface area contributed by atoms with Crippen LogP contribution in [0.15, 0.2) is 23.2 Å². The fraction of sp³-hybridized carbons (Fsp3) is 0.444. The number of anilines is 1. The first kappa shape index (κ1) is 12.5. The fourth-order valence-corrected chi connectivity index (χ4v) is 4.23. The van der Waals surface area contributed by atoms with Crippen LogP contribution in [0.4, 0.5) is 5.82 Å². The summed E-state index contributed by atoms with van der Waals surface area (Å²) in [7, 11) is -4.42. The standard InChI is InChI=1S/C9H13N3O3S2/c10-9-2-1-8(7-11-9)17(14,15)12-3-5-16(13)6-4-12/h1-2,7H,3-6H2,(H2,10,11). The number of nitrogens with two attached hydrogens (primary N) is 1. The van der Waals surface area contributed by atoms with Crippen molar-refractivity contribution in [3.05, 3.63) is 18.3 Å². The second-order valence-corrected chi connectivity index (χ2v) is 7.31. The predicted octanol–water partition coefficient (Wildman–Crippen LogP) is -0.583. The number of hydrogen-bond acceptors (Lipinski definition) is 5. The lowest BCUT2D eigenvalue weighted by molar-refractivity contribution is 0.438. The van der Waals surface area contributed by atoms with Crippen molar-refractivity contribution >= 4 is 26.6 Å². The van der Waals surface area contributed by atoms with Gasteiger partial charge in [0.1, 0.15) is 10.7 Å². The van der Waals surface area contributed by atoms with Crippen molar-refractivity contribution in [2.75, 3.05) is 30.3 Å². The highest BCUT2D eigenvalue weighted by atomic mass is 32.2. The third-order valence-corrected chi connectivity index (χ3v) is 5.69. The molecule has 1 fully saturated rings. The van der Waals surface area contributed by atoms with E-state index in [1.54, 1.807) is 0 Å². The van der Waals surface area contributed by atoms with Crippen LogP contribution in [0.3, 0.4) is 0 Å². The van der Waals surface area contributed by atoms with Gasteiger partial charge >= 0.3 is 0 Å². The Balaban J connectivity index is 2.24. The van der Waals surface area contributed by atoms with Gasteiger partial charge in [-0.05, 0) is 12.1 Å². The molecule has 1 saturated heterocycles. The molecule has 1 aromatic rings. The van der Waals surface area contributed by atoms with Crippen LogP contribution in [-0.4, -0.2) is 46.5 Å². The lowest BCUT2D eigenvalue weighted by Gasteiger charge is -2.25. The second-order valence-electron chi connectivity index (χ2n) is 3.67. The fourth-order valence-electron chi connectivity index (χ4n) is 1.55. The van der Waals surface area contributed by atoms with Crippen molar-refractivity contribution in [3.63, 3.8) is 0 Å². The highest BCUT2D eigenvalue weighted by Crippen LogP contribution is 2.17. The maximum atomic E-state index is 12.2. The molecule has 1 aliphatic heterocycles. The molecule has 6 nitrogen and oxygen atoms in total. The molecule has 0 radical (unpaired) electrons. The Bertz CT molecular complexity index is 517. The number of hydrogen-bond donors (Lipinski definition) is 1. The monoisotopic (exact) mass is 275 g/mol. The molecular formula is C9H13N3O3S2. The molecule has 2 heterocycles. The average Bonchev–Trinajstić information content (AvgIpc) is 2.30. The Labute approximate surface area is 102 Å². The molecule has 0 amide bonds. The first-order valence-electron chi connectivity index (χ1n) is 5.07. The van der Waals surface area contributed by atoms with Gasteiger partial charge in [0.05, 0.1) is 0 Å². The van der Waals surface area contributed by atoms with Gasteiger partial charge in [-0.2, -0.15) is 4.31 Å². The van der Waals surface area contributed by atoms with Gasteiger partial charge in [0.15, 0.2) is 0 Å². The van der Waals surface area contributed by atoms with Crippen LogP contribution in [0.2, 0.25) is 0 Å². The number of nitrogen functional groups attached to an aromatic ring is 1. The van der Waals surface area contributed by atoms with Gasteiger partial charge in [-0.3, -0.25) is 4.21 Å². The van der Waals surface area contributed by atoms with E-state index >= 15 is 0 Å². The molecule has 0 spiro atoms. The largest absolute Gasteiger partial charge is 0.384 e. The molecule has 2 rings (SSSR count). The maximum absolute atomic E-state index is 12.2. The maximum Gasteiger partial charge on any atom is 0.244 e. The number of sulfonamides is 1. The third-order valence-electron chi connectivity index (χ3n) is 2.53. The summed E-state index contributed by atoms with van der Waals surface area (Å²) in [6.07, 6.45) is 1.25. The Morgan fingerprint density at radius 1 is 1.29 bits per heavy atom. The molecule has 2 N–H and O–H groups in total. The molecule has 0 saturated carbocycles. The van der Waals surface area contributed by atoms with Crippen molar-refractivity contribution in [2.24, 2.45) is 0 Å². The van der Waals surface area contributed by atoms with E-state index in [1.165, 1.54) is 22.6 Å². The number of aromatic nitrogens is 1. The van der Waals surface area contributed by atoms with E-state index in [-0.39, 0.29) is 10.7 Å². The first-order valence-corrected chi connectivity index (χ1v) is 7.99. The Morgan fingerprint density at radius 2 is 1.94 bits per heavy atom. The summed E-state index contributed by atoms with van der Waals surface area (Å²) in [5.74, 6) is 1.06. The lowest BCUT2D eigenvalue weighted by atomic mass is 10.5. The molecular weight excluding hydrogens is 262 g/mol. The molecule has 0 atom stereocenters. The smallest absolute Gasteiger partial charge is 0.244 e. The Morgan fingerprint density at radius 3 is 2.47 bits per heavy atom. The number of pyridine rings is 1. The van der Waals surface area contributed by atoms with E-state index in [0.717, 1.165) is 0 Å². The molecule has 1 aromatic heterocycles. The van der Waals surface area contributed by atoms with E-state index < -0.39 is 20.8 Å². The van der Waals surface area contributed by atoms with Gasteiger partial charge in [0.25, 0.3) is 0 Å². The summed E-state index contributed by atoms with van der Waals surface area (Å²) in [4.78, 5) is 3.89. The van der Waals surface area contributed by atoms with Crippen molar-refractivity contribution in [1.29, 1.82) is 0 Å². The topological polar surface area (TPSA) is 93.4 Å². The van der Waals surface area contributed by atoms with Gasteiger partial charge in [0, 0.05) is 41.6 Å². The average molecular weight is 275 g/mol. The summed E-state index contributed by atoms with van der Waals surface area (Å²) >= 11 is 0. The molecule has 8 heteroatoms. The highest BCUT2D eigenvalue weighted by Gasteiger charge is 2.28. The summed E-state index contributed by atoms with van der Waals surface area (Å²) in [6.45, 7) is 0.582. The van der Waals surface area contributed by atoms with Crippen molar-refractivity contribution < 1.29 is 12.6 Å². The van der Waals surface area contributed by atoms with Gasteiger partial charge in [-0.1, -0.05) is 0 Å². The van der Waals surface area contributed by atoms with E-state index in [2.05, 4.69) is 4.98 Å². The van der Waals surface area contributed by atoms with Crippen LogP contribution in [-0.2, 0) is 20.8 Å². The first-order chi connectivity index (χ1) is 8.00. The molecule has 1 aliphatic rings. The van der Waals surface area contributed by atoms with Crippen LogP contribution in [0.1, 0.15) is 0 Å². The normalized spacial score (nSPS) is 19.3. The van der Waals surface area contributed by atoms with Crippen molar-refractivity contribution in [3.8, 4) is 0 Å². The summed E-state index contributed by atoms with van der Waals surface area (Å²) in [6, 6.07) is 2.89. The molecule has 0 aromatic carbocycles. The zero-order valence-electron chi connectivity index (χ0n) is 9.07.